The number of ether oxygens (including phenoxy) is 1. The van der Waals surface area contributed by atoms with Gasteiger partial charge in [-0.25, -0.2) is 9.59 Å². The van der Waals surface area contributed by atoms with E-state index < -0.39 is 18.0 Å². The van der Waals surface area contributed by atoms with Crippen LogP contribution in [0.2, 0.25) is 0 Å². The number of hydrogen-bond donors (Lipinski definition) is 1. The van der Waals surface area contributed by atoms with Crippen molar-refractivity contribution in [2.75, 3.05) is 13.2 Å². The Hall–Kier alpha value is -3.87. The van der Waals surface area contributed by atoms with E-state index in [0.29, 0.717) is 0 Å². The molecule has 0 radical (unpaired) electrons. The van der Waals surface area contributed by atoms with Crippen LogP contribution >= 0.6 is 0 Å². The topological polar surface area (TPSA) is 84.9 Å². The van der Waals surface area contributed by atoms with Gasteiger partial charge in [0.2, 0.25) is 0 Å². The molecule has 0 saturated carbocycles. The van der Waals surface area contributed by atoms with Crippen LogP contribution in [0.25, 0.3) is 0 Å². The van der Waals surface area contributed by atoms with E-state index >= 15 is 0 Å². The standard InChI is InChI=1S/C29H32N2O5/c32-27(19-24-17-15-23(16-18-24)12-8-7-11-22-9-3-1-4-10-22)30-36-28(33)20-31-26(21-35-29(31)34)25-13-5-2-6-14-25/h1-6,9-10,13,15-18,25-26H,7-8,11-12,14,19-21H2,(H,30,32)/t25?,26-/m1/s1. The number of carbonyl (C=O) groups is 3. The van der Waals surface area contributed by atoms with Gasteiger partial charge in [-0.15, -0.1) is 0 Å². The summed E-state index contributed by atoms with van der Waals surface area (Å²) in [5.41, 5.74) is 5.61. The molecule has 1 heterocycles. The van der Waals surface area contributed by atoms with Crippen LogP contribution in [0.4, 0.5) is 4.79 Å². The Morgan fingerprint density at radius 3 is 2.33 bits per heavy atom. The molecule has 36 heavy (non-hydrogen) atoms. The molecule has 1 unspecified atom stereocenters. The highest BCUT2D eigenvalue weighted by molar-refractivity contribution is 5.82. The van der Waals surface area contributed by atoms with E-state index in [-0.39, 0.29) is 31.5 Å². The Morgan fingerprint density at radius 1 is 0.944 bits per heavy atom. The summed E-state index contributed by atoms with van der Waals surface area (Å²) in [6, 6.07) is 18.1. The fraction of sp³-hybridized carbons (Fsp3) is 0.345. The van der Waals surface area contributed by atoms with Crippen molar-refractivity contribution >= 4 is 18.0 Å². The number of nitrogens with one attached hydrogen (secondary N) is 1. The third-order valence-electron chi connectivity index (χ3n) is 6.51. The van der Waals surface area contributed by atoms with Gasteiger partial charge in [0.05, 0.1) is 12.5 Å². The molecule has 7 nitrogen and oxygen atoms in total. The number of aryl methyl sites for hydroxylation is 2. The molecule has 1 aliphatic carbocycles. The fourth-order valence-corrected chi connectivity index (χ4v) is 4.52. The summed E-state index contributed by atoms with van der Waals surface area (Å²) in [6.45, 7) is -0.0544. The molecule has 1 fully saturated rings. The molecule has 7 heteroatoms. The van der Waals surface area contributed by atoms with Crippen molar-refractivity contribution in [2.24, 2.45) is 5.92 Å². The maximum atomic E-state index is 12.3. The molecule has 4 rings (SSSR count). The lowest BCUT2D eigenvalue weighted by molar-refractivity contribution is -0.158. The third-order valence-corrected chi connectivity index (χ3v) is 6.51. The van der Waals surface area contributed by atoms with Crippen LogP contribution in [0.1, 0.15) is 36.0 Å². The summed E-state index contributed by atoms with van der Waals surface area (Å²) < 4.78 is 5.13. The second kappa shape index (κ2) is 12.7. The number of nitrogens with zero attached hydrogens (tertiary/aromatic N) is 1. The molecule has 188 valence electrons. The van der Waals surface area contributed by atoms with Crippen LogP contribution in [0.3, 0.4) is 0 Å². The molecule has 1 N–H and O–H groups in total. The van der Waals surface area contributed by atoms with E-state index in [1.807, 2.05) is 54.6 Å². The number of benzene rings is 2. The fourth-order valence-electron chi connectivity index (χ4n) is 4.52. The van der Waals surface area contributed by atoms with Gasteiger partial charge in [0.15, 0.2) is 0 Å². The lowest BCUT2D eigenvalue weighted by atomic mass is 9.92. The monoisotopic (exact) mass is 488 g/mol. The van der Waals surface area contributed by atoms with Crippen molar-refractivity contribution in [3.8, 4) is 0 Å². The molecule has 2 aromatic rings. The predicted molar refractivity (Wildman–Crippen MR) is 136 cm³/mol. The predicted octanol–water partition coefficient (Wildman–Crippen LogP) is 4.32. The van der Waals surface area contributed by atoms with Crippen LogP contribution in [0.15, 0.2) is 78.9 Å². The van der Waals surface area contributed by atoms with E-state index in [9.17, 15) is 14.4 Å². The molecule has 0 spiro atoms. The number of unbranched alkanes of at least 4 members (excludes halogenated alkanes) is 1. The van der Waals surface area contributed by atoms with Crippen molar-refractivity contribution in [3.05, 3.63) is 95.6 Å². The Bertz CT molecular complexity index is 1090. The minimum Gasteiger partial charge on any atom is -0.447 e. The van der Waals surface area contributed by atoms with Gasteiger partial charge < -0.3 is 9.57 Å². The van der Waals surface area contributed by atoms with Gasteiger partial charge in [0.25, 0.3) is 5.91 Å². The summed E-state index contributed by atoms with van der Waals surface area (Å²) in [5, 5.41) is 0. The van der Waals surface area contributed by atoms with Crippen molar-refractivity contribution in [1.82, 2.24) is 10.4 Å². The van der Waals surface area contributed by atoms with E-state index in [0.717, 1.165) is 37.7 Å². The Morgan fingerprint density at radius 2 is 1.64 bits per heavy atom. The highest BCUT2D eigenvalue weighted by atomic mass is 16.7. The number of amides is 2. The summed E-state index contributed by atoms with van der Waals surface area (Å²) >= 11 is 0. The molecule has 1 aliphatic heterocycles. The molecule has 1 saturated heterocycles. The maximum absolute atomic E-state index is 12.3. The minimum absolute atomic E-state index is 0.0793. The molecule has 2 amide bonds. The van der Waals surface area contributed by atoms with Crippen LogP contribution in [-0.2, 0) is 38.4 Å². The van der Waals surface area contributed by atoms with Crippen molar-refractivity contribution in [1.29, 1.82) is 0 Å². The second-order valence-corrected chi connectivity index (χ2v) is 9.17. The van der Waals surface area contributed by atoms with Crippen LogP contribution < -0.4 is 5.48 Å². The van der Waals surface area contributed by atoms with Crippen LogP contribution in [0, 0.1) is 5.92 Å². The number of hydrogen-bond acceptors (Lipinski definition) is 5. The van der Waals surface area contributed by atoms with Gasteiger partial charge in [-0.1, -0.05) is 78.9 Å². The Balaban J connectivity index is 1.15. The number of allylic oxidation sites excluding steroid dienone is 3. The zero-order valence-corrected chi connectivity index (χ0v) is 20.3. The van der Waals surface area contributed by atoms with Gasteiger partial charge in [-0.3, -0.25) is 9.69 Å². The summed E-state index contributed by atoms with van der Waals surface area (Å²) in [4.78, 5) is 42.9. The van der Waals surface area contributed by atoms with Crippen molar-refractivity contribution in [2.45, 2.75) is 44.6 Å². The molecule has 0 bridgehead atoms. The first-order valence-corrected chi connectivity index (χ1v) is 12.5. The zero-order chi connectivity index (χ0) is 25.2. The normalized spacial score (nSPS) is 18.7. The number of hydroxylamine groups is 1. The quantitative estimate of drug-likeness (QED) is 0.398. The first-order valence-electron chi connectivity index (χ1n) is 12.5. The van der Waals surface area contributed by atoms with Crippen LogP contribution in [0.5, 0.6) is 0 Å². The highest BCUT2D eigenvalue weighted by Crippen LogP contribution is 2.25. The van der Waals surface area contributed by atoms with E-state index in [4.69, 9.17) is 9.57 Å². The average molecular weight is 489 g/mol. The zero-order valence-electron chi connectivity index (χ0n) is 20.3. The van der Waals surface area contributed by atoms with E-state index in [1.54, 1.807) is 0 Å². The lowest BCUT2D eigenvalue weighted by Gasteiger charge is -2.26. The lowest BCUT2D eigenvalue weighted by Crippen LogP contribution is -2.43. The van der Waals surface area contributed by atoms with Crippen molar-refractivity contribution in [3.63, 3.8) is 0 Å². The second-order valence-electron chi connectivity index (χ2n) is 9.17. The number of cyclic esters (lactones) is 1. The Kier molecular flexibility index (Phi) is 8.92. The first-order chi connectivity index (χ1) is 17.6. The molecule has 2 atom stereocenters. The Labute approximate surface area is 211 Å². The third kappa shape index (κ3) is 7.31. The molecule has 2 aliphatic rings. The number of rotatable bonds is 10. The van der Waals surface area contributed by atoms with Gasteiger partial charge in [0, 0.05) is 5.92 Å². The van der Waals surface area contributed by atoms with Gasteiger partial charge in [-0.05, 0) is 48.8 Å². The molecular formula is C29H32N2O5. The smallest absolute Gasteiger partial charge is 0.410 e. The molecule has 0 aromatic heterocycles. The highest BCUT2D eigenvalue weighted by Gasteiger charge is 2.38. The maximum Gasteiger partial charge on any atom is 0.410 e. The molecular weight excluding hydrogens is 456 g/mol. The van der Waals surface area contributed by atoms with Gasteiger partial charge in [-0.2, -0.15) is 5.48 Å². The SMILES string of the molecule is O=C(Cc1ccc(CCCCc2ccccc2)cc1)NOC(=O)CN1C(=O)OC[C@@H]1C1C=CC=CC1. The van der Waals surface area contributed by atoms with E-state index in [1.165, 1.54) is 16.0 Å². The minimum atomic E-state index is -0.714. The summed E-state index contributed by atoms with van der Waals surface area (Å²) in [5.74, 6) is -1.07. The van der Waals surface area contributed by atoms with Crippen molar-refractivity contribution < 1.29 is 24.0 Å². The largest absolute Gasteiger partial charge is 0.447 e. The molecule has 2 aromatic carbocycles. The van der Waals surface area contributed by atoms with Crippen LogP contribution in [-0.4, -0.2) is 42.1 Å². The summed E-state index contributed by atoms with van der Waals surface area (Å²) in [6.07, 6.45) is 12.5. The number of carbonyl (C=O) groups excluding carboxylic acids is 3. The van der Waals surface area contributed by atoms with Gasteiger partial charge >= 0.3 is 12.1 Å². The van der Waals surface area contributed by atoms with Gasteiger partial charge in [0.1, 0.15) is 13.2 Å². The van der Waals surface area contributed by atoms with E-state index in [2.05, 4.69) is 29.7 Å². The summed E-state index contributed by atoms with van der Waals surface area (Å²) in [7, 11) is 0. The average Bonchev–Trinajstić information content (AvgIpc) is 3.27. The first kappa shape index (κ1) is 25.2.